The number of hydrogen-bond donors (Lipinski definition) is 2. The fourth-order valence-corrected chi connectivity index (χ4v) is 3.37. The quantitative estimate of drug-likeness (QED) is 0.857. The molecule has 0 aromatic heterocycles. The number of carbonyl (C=O) groups excluding carboxylic acids is 1. The van der Waals surface area contributed by atoms with E-state index in [0.29, 0.717) is 6.42 Å². The minimum Gasteiger partial charge on any atom is -0.326 e. The summed E-state index contributed by atoms with van der Waals surface area (Å²) in [6.45, 7) is 0.838. The maximum absolute atomic E-state index is 12.3. The Kier molecular flexibility index (Phi) is 3.29. The van der Waals surface area contributed by atoms with Crippen LogP contribution in [0.1, 0.15) is 30.4 Å². The van der Waals surface area contributed by atoms with Crippen molar-refractivity contribution >= 4 is 11.6 Å². The van der Waals surface area contributed by atoms with Crippen LogP contribution in [0.4, 0.5) is 5.69 Å². The van der Waals surface area contributed by atoms with Crippen LogP contribution in [-0.2, 0) is 17.8 Å². The third-order valence-electron chi connectivity index (χ3n) is 4.26. The van der Waals surface area contributed by atoms with Gasteiger partial charge in [0.25, 0.3) is 0 Å². The van der Waals surface area contributed by atoms with E-state index in [1.807, 2.05) is 11.9 Å². The largest absolute Gasteiger partial charge is 0.326 e. The van der Waals surface area contributed by atoms with E-state index in [2.05, 4.69) is 23.5 Å². The first kappa shape index (κ1) is 12.6. The fraction of sp³-hybridized carbons (Fsp3) is 0.533. The van der Waals surface area contributed by atoms with Crippen LogP contribution in [-0.4, -0.2) is 25.0 Å². The van der Waals surface area contributed by atoms with E-state index >= 15 is 0 Å². The van der Waals surface area contributed by atoms with Gasteiger partial charge in [0.2, 0.25) is 5.91 Å². The van der Waals surface area contributed by atoms with E-state index in [9.17, 15) is 4.79 Å². The van der Waals surface area contributed by atoms with Gasteiger partial charge in [-0.1, -0.05) is 12.1 Å². The average molecular weight is 259 g/mol. The summed E-state index contributed by atoms with van der Waals surface area (Å²) in [5.74, 6) is 0.207. The molecule has 102 valence electrons. The SMILES string of the molecule is CNCc1ccc2c(c1)CC(=O)N2C1CCCC1N. The molecule has 4 nitrogen and oxygen atoms in total. The molecule has 1 aromatic rings. The minimum absolute atomic E-state index is 0.131. The summed E-state index contributed by atoms with van der Waals surface area (Å²) < 4.78 is 0. The maximum atomic E-state index is 12.3. The number of nitrogens with two attached hydrogens (primary N) is 1. The second kappa shape index (κ2) is 4.94. The second-order valence-electron chi connectivity index (χ2n) is 5.60. The molecule has 0 saturated heterocycles. The molecule has 2 unspecified atom stereocenters. The summed E-state index contributed by atoms with van der Waals surface area (Å²) in [4.78, 5) is 14.2. The maximum Gasteiger partial charge on any atom is 0.231 e. The van der Waals surface area contributed by atoms with Crippen molar-refractivity contribution in [2.75, 3.05) is 11.9 Å². The number of fused-ring (bicyclic) bond motifs is 1. The van der Waals surface area contributed by atoms with Crippen LogP contribution >= 0.6 is 0 Å². The molecule has 19 heavy (non-hydrogen) atoms. The first-order valence-corrected chi connectivity index (χ1v) is 7.04. The zero-order valence-corrected chi connectivity index (χ0v) is 11.4. The summed E-state index contributed by atoms with van der Waals surface area (Å²) in [6, 6.07) is 6.65. The molecule has 4 heteroatoms. The average Bonchev–Trinajstić information content (AvgIpc) is 2.92. The molecule has 0 bridgehead atoms. The van der Waals surface area contributed by atoms with Gasteiger partial charge < -0.3 is 16.0 Å². The van der Waals surface area contributed by atoms with E-state index in [1.54, 1.807) is 0 Å². The smallest absolute Gasteiger partial charge is 0.231 e. The Balaban J connectivity index is 1.91. The van der Waals surface area contributed by atoms with Gasteiger partial charge in [-0.3, -0.25) is 4.79 Å². The first-order chi connectivity index (χ1) is 9.20. The van der Waals surface area contributed by atoms with Gasteiger partial charge in [0, 0.05) is 18.3 Å². The third-order valence-corrected chi connectivity index (χ3v) is 4.26. The molecule has 2 atom stereocenters. The van der Waals surface area contributed by atoms with Gasteiger partial charge in [-0.15, -0.1) is 0 Å². The number of nitrogens with zero attached hydrogens (tertiary/aromatic N) is 1. The molecule has 1 aliphatic heterocycles. The number of carbonyl (C=O) groups is 1. The molecule has 3 rings (SSSR count). The zero-order chi connectivity index (χ0) is 13.4. The van der Waals surface area contributed by atoms with Crippen LogP contribution in [0.2, 0.25) is 0 Å². The Morgan fingerprint density at radius 1 is 1.42 bits per heavy atom. The standard InChI is InChI=1S/C15H21N3O/c1-17-9-10-5-6-13-11(7-10)8-15(19)18(13)14-4-2-3-12(14)16/h5-7,12,14,17H,2-4,8-9,16H2,1H3. The van der Waals surface area contributed by atoms with Crippen molar-refractivity contribution in [1.29, 1.82) is 0 Å². The van der Waals surface area contributed by atoms with E-state index in [4.69, 9.17) is 5.73 Å². The lowest BCUT2D eigenvalue weighted by Crippen LogP contribution is -2.46. The highest BCUT2D eigenvalue weighted by atomic mass is 16.2. The molecule has 0 spiro atoms. The number of amides is 1. The monoisotopic (exact) mass is 259 g/mol. The number of nitrogens with one attached hydrogen (secondary N) is 1. The summed E-state index contributed by atoms with van der Waals surface area (Å²) in [7, 11) is 1.93. The van der Waals surface area contributed by atoms with Gasteiger partial charge in [0.05, 0.1) is 12.5 Å². The Morgan fingerprint density at radius 3 is 2.95 bits per heavy atom. The molecule has 1 fully saturated rings. The second-order valence-corrected chi connectivity index (χ2v) is 5.60. The molecule has 1 aromatic carbocycles. The van der Waals surface area contributed by atoms with E-state index in [0.717, 1.165) is 37.1 Å². The number of rotatable bonds is 3. The number of hydrogen-bond acceptors (Lipinski definition) is 3. The van der Waals surface area contributed by atoms with Crippen LogP contribution in [0.15, 0.2) is 18.2 Å². The van der Waals surface area contributed by atoms with Crippen molar-refractivity contribution in [1.82, 2.24) is 5.32 Å². The predicted molar refractivity (Wildman–Crippen MR) is 76.0 cm³/mol. The van der Waals surface area contributed by atoms with Gasteiger partial charge in [-0.05, 0) is 43.5 Å². The van der Waals surface area contributed by atoms with Crippen molar-refractivity contribution in [3.8, 4) is 0 Å². The summed E-state index contributed by atoms with van der Waals surface area (Å²) in [6.07, 6.45) is 3.71. The zero-order valence-electron chi connectivity index (χ0n) is 11.4. The molecular formula is C15H21N3O. The molecular weight excluding hydrogens is 238 g/mol. The summed E-state index contributed by atoms with van der Waals surface area (Å²) in [5, 5.41) is 3.14. The molecule has 3 N–H and O–H groups in total. The summed E-state index contributed by atoms with van der Waals surface area (Å²) in [5.41, 5.74) is 9.61. The highest BCUT2D eigenvalue weighted by Gasteiger charge is 2.38. The Morgan fingerprint density at radius 2 is 2.26 bits per heavy atom. The Labute approximate surface area is 114 Å². The van der Waals surface area contributed by atoms with Crippen molar-refractivity contribution in [3.63, 3.8) is 0 Å². The van der Waals surface area contributed by atoms with Gasteiger partial charge in [0.15, 0.2) is 0 Å². The van der Waals surface area contributed by atoms with Gasteiger partial charge in [-0.25, -0.2) is 0 Å². The van der Waals surface area contributed by atoms with E-state index < -0.39 is 0 Å². The van der Waals surface area contributed by atoms with Crippen LogP contribution < -0.4 is 16.0 Å². The highest BCUT2D eigenvalue weighted by molar-refractivity contribution is 6.02. The minimum atomic E-state index is 0.131. The van der Waals surface area contributed by atoms with E-state index in [-0.39, 0.29) is 18.0 Å². The van der Waals surface area contributed by atoms with Crippen LogP contribution in [0.5, 0.6) is 0 Å². The molecule has 1 amide bonds. The highest BCUT2D eigenvalue weighted by Crippen LogP contribution is 2.35. The predicted octanol–water partition coefficient (Wildman–Crippen LogP) is 1.17. The van der Waals surface area contributed by atoms with Crippen LogP contribution in [0.25, 0.3) is 0 Å². The normalized spacial score (nSPS) is 26.0. The van der Waals surface area contributed by atoms with Gasteiger partial charge >= 0.3 is 0 Å². The number of benzene rings is 1. The van der Waals surface area contributed by atoms with Gasteiger partial charge in [0.1, 0.15) is 0 Å². The Bertz CT molecular complexity index is 500. The van der Waals surface area contributed by atoms with Crippen molar-refractivity contribution in [2.24, 2.45) is 5.73 Å². The third kappa shape index (κ3) is 2.15. The Hall–Kier alpha value is -1.39. The molecule has 2 aliphatic rings. The molecule has 1 heterocycles. The van der Waals surface area contributed by atoms with E-state index in [1.165, 1.54) is 5.56 Å². The molecule has 1 saturated carbocycles. The number of anilines is 1. The van der Waals surface area contributed by atoms with Crippen molar-refractivity contribution in [2.45, 2.75) is 44.3 Å². The lowest BCUT2D eigenvalue weighted by molar-refractivity contribution is -0.117. The fourth-order valence-electron chi connectivity index (χ4n) is 3.37. The van der Waals surface area contributed by atoms with Crippen molar-refractivity contribution < 1.29 is 4.79 Å². The lowest BCUT2D eigenvalue weighted by atomic mass is 10.1. The lowest BCUT2D eigenvalue weighted by Gasteiger charge is -2.28. The topological polar surface area (TPSA) is 58.4 Å². The van der Waals surface area contributed by atoms with Gasteiger partial charge in [-0.2, -0.15) is 0 Å². The molecule has 1 aliphatic carbocycles. The molecule has 0 radical (unpaired) electrons. The van der Waals surface area contributed by atoms with Crippen LogP contribution in [0.3, 0.4) is 0 Å². The van der Waals surface area contributed by atoms with Crippen molar-refractivity contribution in [3.05, 3.63) is 29.3 Å². The van der Waals surface area contributed by atoms with Crippen LogP contribution in [0, 0.1) is 0 Å². The summed E-state index contributed by atoms with van der Waals surface area (Å²) >= 11 is 0. The first-order valence-electron chi connectivity index (χ1n) is 7.04.